The van der Waals surface area contributed by atoms with Crippen LogP contribution in [0.4, 0.5) is 0 Å². The van der Waals surface area contributed by atoms with E-state index in [1.54, 1.807) is 28.6 Å². The van der Waals surface area contributed by atoms with E-state index in [2.05, 4.69) is 16.9 Å². The van der Waals surface area contributed by atoms with Crippen LogP contribution in [0.1, 0.15) is 36.0 Å². The van der Waals surface area contributed by atoms with Crippen molar-refractivity contribution < 1.29 is 8.42 Å². The Morgan fingerprint density at radius 1 is 1.16 bits per heavy atom. The molecule has 3 heterocycles. The van der Waals surface area contributed by atoms with Gasteiger partial charge in [0.2, 0.25) is 10.0 Å². The minimum Gasteiger partial charge on any atom is -0.302 e. The summed E-state index contributed by atoms with van der Waals surface area (Å²) in [5, 5.41) is 0. The van der Waals surface area contributed by atoms with E-state index in [0.29, 0.717) is 17.3 Å². The third-order valence-electron chi connectivity index (χ3n) is 4.99. The average Bonchev–Trinajstić information content (AvgIpc) is 3.12. The highest BCUT2D eigenvalue weighted by Gasteiger charge is 2.38. The van der Waals surface area contributed by atoms with Crippen molar-refractivity contribution in [1.29, 1.82) is 0 Å². The minimum absolute atomic E-state index is 0.268. The summed E-state index contributed by atoms with van der Waals surface area (Å²) in [7, 11) is -1.44. The van der Waals surface area contributed by atoms with Crippen LogP contribution in [0.15, 0.2) is 41.4 Å². The summed E-state index contributed by atoms with van der Waals surface area (Å²) in [4.78, 5) is 11.8. The fraction of sp³-hybridized carbons (Fsp3) is 0.444. The minimum atomic E-state index is -3.52. The number of fused-ring (bicyclic) bond motifs is 1. The highest BCUT2D eigenvalue weighted by Crippen LogP contribution is 2.35. The Balaban J connectivity index is 1.66. The van der Waals surface area contributed by atoms with Crippen molar-refractivity contribution in [3.63, 3.8) is 0 Å². The number of sulfonamides is 1. The molecule has 132 valence electrons. The molecule has 0 spiro atoms. The summed E-state index contributed by atoms with van der Waals surface area (Å²) in [6.07, 6.45) is 4.36. The first kappa shape index (κ1) is 16.6. The number of nitrogens with zero attached hydrogens (tertiary/aromatic N) is 4. The van der Waals surface area contributed by atoms with Crippen LogP contribution in [0.3, 0.4) is 0 Å². The highest BCUT2D eigenvalue weighted by molar-refractivity contribution is 7.89. The van der Waals surface area contributed by atoms with Crippen molar-refractivity contribution in [2.75, 3.05) is 20.1 Å². The van der Waals surface area contributed by atoms with Crippen molar-refractivity contribution in [3.05, 3.63) is 53.6 Å². The van der Waals surface area contributed by atoms with E-state index in [4.69, 9.17) is 4.98 Å². The van der Waals surface area contributed by atoms with Gasteiger partial charge in [-0.3, -0.25) is 0 Å². The number of aromatic nitrogens is 2. The number of benzene rings is 1. The normalized spacial score (nSPS) is 22.0. The van der Waals surface area contributed by atoms with E-state index in [9.17, 15) is 8.42 Å². The van der Waals surface area contributed by atoms with Gasteiger partial charge in [-0.15, -0.1) is 0 Å². The Morgan fingerprint density at radius 3 is 2.76 bits per heavy atom. The molecular formula is C18H22N4O2S. The summed E-state index contributed by atoms with van der Waals surface area (Å²) < 4.78 is 27.6. The molecule has 1 saturated heterocycles. The van der Waals surface area contributed by atoms with Crippen molar-refractivity contribution in [2.24, 2.45) is 0 Å². The average molecular weight is 358 g/mol. The summed E-state index contributed by atoms with van der Waals surface area (Å²) in [5.74, 6) is 0.639. The number of hydrogen-bond donors (Lipinski definition) is 0. The number of hydrogen-bond acceptors (Lipinski definition) is 5. The van der Waals surface area contributed by atoms with Crippen LogP contribution >= 0.6 is 0 Å². The van der Waals surface area contributed by atoms with Gasteiger partial charge in [0.1, 0.15) is 5.82 Å². The highest BCUT2D eigenvalue weighted by atomic mass is 32.2. The first-order valence-corrected chi connectivity index (χ1v) is 10.1. The van der Waals surface area contributed by atoms with Crippen molar-refractivity contribution in [1.82, 2.24) is 19.2 Å². The van der Waals surface area contributed by atoms with Gasteiger partial charge in [0.15, 0.2) is 0 Å². The molecule has 7 heteroatoms. The SMILES string of the molecule is CN1CCc2nc(C3CCCN3S(=O)(=O)c3ccccc3)ncc2C1. The van der Waals surface area contributed by atoms with Crippen LogP contribution in [-0.2, 0) is 23.0 Å². The van der Waals surface area contributed by atoms with E-state index >= 15 is 0 Å². The van der Waals surface area contributed by atoms with E-state index in [-0.39, 0.29) is 6.04 Å². The van der Waals surface area contributed by atoms with Crippen molar-refractivity contribution >= 4 is 10.0 Å². The van der Waals surface area contributed by atoms with Gasteiger partial charge in [-0.05, 0) is 32.0 Å². The molecule has 1 atom stereocenters. The van der Waals surface area contributed by atoms with Crippen LogP contribution in [0, 0.1) is 0 Å². The Labute approximate surface area is 148 Å². The molecule has 2 aromatic rings. The van der Waals surface area contributed by atoms with Gasteiger partial charge >= 0.3 is 0 Å². The lowest BCUT2D eigenvalue weighted by Crippen LogP contribution is -2.33. The molecule has 2 aliphatic rings. The predicted molar refractivity (Wildman–Crippen MR) is 94.4 cm³/mol. The van der Waals surface area contributed by atoms with E-state index in [0.717, 1.165) is 43.6 Å². The fourth-order valence-electron chi connectivity index (χ4n) is 3.65. The Morgan fingerprint density at radius 2 is 1.96 bits per heavy atom. The summed E-state index contributed by atoms with van der Waals surface area (Å²) in [6.45, 7) is 2.34. The Kier molecular flexibility index (Phi) is 4.31. The third-order valence-corrected chi connectivity index (χ3v) is 6.92. The molecule has 0 saturated carbocycles. The fourth-order valence-corrected chi connectivity index (χ4v) is 5.32. The first-order valence-electron chi connectivity index (χ1n) is 8.66. The topological polar surface area (TPSA) is 66.4 Å². The molecule has 0 radical (unpaired) electrons. The molecular weight excluding hydrogens is 336 g/mol. The zero-order valence-corrected chi connectivity index (χ0v) is 15.1. The molecule has 1 aromatic heterocycles. The van der Waals surface area contributed by atoms with Crippen LogP contribution in [0.5, 0.6) is 0 Å². The molecule has 1 aromatic carbocycles. The lowest BCUT2D eigenvalue weighted by Gasteiger charge is -2.26. The zero-order chi connectivity index (χ0) is 17.4. The van der Waals surface area contributed by atoms with Crippen LogP contribution < -0.4 is 0 Å². The molecule has 0 amide bonds. The maximum atomic E-state index is 13.0. The Hall–Kier alpha value is -1.83. The van der Waals surface area contributed by atoms with Crippen LogP contribution in [0.25, 0.3) is 0 Å². The second-order valence-corrected chi connectivity index (χ2v) is 8.67. The van der Waals surface area contributed by atoms with Gasteiger partial charge in [0.25, 0.3) is 0 Å². The molecule has 6 nitrogen and oxygen atoms in total. The largest absolute Gasteiger partial charge is 0.302 e. The zero-order valence-electron chi connectivity index (χ0n) is 14.3. The molecule has 4 rings (SSSR count). The van der Waals surface area contributed by atoms with Crippen LogP contribution in [-0.4, -0.2) is 47.7 Å². The van der Waals surface area contributed by atoms with E-state index in [1.165, 1.54) is 0 Å². The number of rotatable bonds is 3. The monoisotopic (exact) mass is 358 g/mol. The molecule has 1 unspecified atom stereocenters. The molecule has 0 aliphatic carbocycles. The molecule has 0 bridgehead atoms. The van der Waals surface area contributed by atoms with E-state index < -0.39 is 10.0 Å². The molecule has 0 N–H and O–H groups in total. The van der Waals surface area contributed by atoms with E-state index in [1.807, 2.05) is 12.3 Å². The summed E-state index contributed by atoms with van der Waals surface area (Å²) >= 11 is 0. The molecule has 25 heavy (non-hydrogen) atoms. The lowest BCUT2D eigenvalue weighted by atomic mass is 10.1. The molecule has 1 fully saturated rings. The summed E-state index contributed by atoms with van der Waals surface area (Å²) in [5.41, 5.74) is 2.21. The van der Waals surface area contributed by atoms with Gasteiger partial charge in [-0.25, -0.2) is 18.4 Å². The third kappa shape index (κ3) is 3.07. The second-order valence-electron chi connectivity index (χ2n) is 6.77. The van der Waals surface area contributed by atoms with Gasteiger partial charge in [-0.2, -0.15) is 4.31 Å². The predicted octanol–water partition coefficient (Wildman–Crippen LogP) is 1.99. The van der Waals surface area contributed by atoms with Gasteiger partial charge in [0.05, 0.1) is 10.9 Å². The first-order chi connectivity index (χ1) is 12.1. The maximum Gasteiger partial charge on any atom is 0.243 e. The number of likely N-dealkylation sites (N-methyl/N-ethyl adjacent to an activating group) is 1. The standard InChI is InChI=1S/C18H22N4O2S/c1-21-11-9-16-14(13-21)12-19-18(20-16)17-8-5-10-22(17)25(23,24)15-6-3-2-4-7-15/h2-4,6-7,12,17H,5,8-11,13H2,1H3. The van der Waals surface area contributed by atoms with Crippen molar-refractivity contribution in [2.45, 2.75) is 36.7 Å². The lowest BCUT2D eigenvalue weighted by molar-refractivity contribution is 0.306. The maximum absolute atomic E-state index is 13.0. The summed E-state index contributed by atoms with van der Waals surface area (Å²) in [6, 6.07) is 8.36. The van der Waals surface area contributed by atoms with Gasteiger partial charge in [0, 0.05) is 43.5 Å². The van der Waals surface area contributed by atoms with Crippen LogP contribution in [0.2, 0.25) is 0 Å². The second kappa shape index (κ2) is 6.48. The van der Waals surface area contributed by atoms with Crippen molar-refractivity contribution in [3.8, 4) is 0 Å². The van der Waals surface area contributed by atoms with Gasteiger partial charge in [-0.1, -0.05) is 18.2 Å². The smallest absolute Gasteiger partial charge is 0.243 e. The quantitative estimate of drug-likeness (QED) is 0.839. The molecule has 2 aliphatic heterocycles. The van der Waals surface area contributed by atoms with Gasteiger partial charge < -0.3 is 4.90 Å². The Bertz CT molecular complexity index is 870.